The number of nitro groups is 1. The molecule has 0 radical (unpaired) electrons. The molecule has 3 aromatic carbocycles. The van der Waals surface area contributed by atoms with Gasteiger partial charge in [0.05, 0.1) is 30.9 Å². The first kappa shape index (κ1) is 22.3. The molecule has 0 aliphatic carbocycles. The highest BCUT2D eigenvalue weighted by Gasteiger charge is 2.11. The van der Waals surface area contributed by atoms with Crippen LogP contribution in [-0.4, -0.2) is 31.3 Å². The van der Waals surface area contributed by atoms with Gasteiger partial charge in [0.15, 0.2) is 11.5 Å². The van der Waals surface area contributed by atoms with Gasteiger partial charge >= 0.3 is 0 Å². The van der Waals surface area contributed by atoms with Gasteiger partial charge in [0.1, 0.15) is 12.4 Å². The van der Waals surface area contributed by atoms with E-state index < -0.39 is 10.8 Å². The van der Waals surface area contributed by atoms with Crippen LogP contribution in [0.5, 0.6) is 17.2 Å². The fourth-order valence-corrected chi connectivity index (χ4v) is 2.82. The van der Waals surface area contributed by atoms with Crippen LogP contribution in [0.1, 0.15) is 21.5 Å². The molecule has 0 heterocycles. The van der Waals surface area contributed by atoms with Crippen LogP contribution in [0.2, 0.25) is 0 Å². The van der Waals surface area contributed by atoms with Crippen molar-refractivity contribution in [3.8, 4) is 17.2 Å². The number of hydrogen-bond acceptors (Lipinski definition) is 7. The van der Waals surface area contributed by atoms with Gasteiger partial charge in [-0.05, 0) is 53.6 Å². The summed E-state index contributed by atoms with van der Waals surface area (Å²) in [5.41, 5.74) is 4.32. The summed E-state index contributed by atoms with van der Waals surface area (Å²) >= 11 is 0. The van der Waals surface area contributed by atoms with Crippen LogP contribution in [0.15, 0.2) is 71.8 Å². The minimum Gasteiger partial charge on any atom is -0.496 e. The number of carbonyl (C=O) groups is 1. The normalized spacial score (nSPS) is 10.6. The second-order valence-corrected chi connectivity index (χ2v) is 6.52. The number of rotatable bonds is 9. The molecule has 0 saturated carbocycles. The predicted molar refractivity (Wildman–Crippen MR) is 118 cm³/mol. The van der Waals surface area contributed by atoms with Gasteiger partial charge in [-0.15, -0.1) is 0 Å². The summed E-state index contributed by atoms with van der Waals surface area (Å²) in [4.78, 5) is 22.6. The first-order valence-electron chi connectivity index (χ1n) is 9.52. The number of methoxy groups -OCH3 is 2. The van der Waals surface area contributed by atoms with Gasteiger partial charge in [-0.2, -0.15) is 5.10 Å². The quantitative estimate of drug-likeness (QED) is 0.309. The molecule has 0 saturated heterocycles. The van der Waals surface area contributed by atoms with Gasteiger partial charge in [-0.3, -0.25) is 14.9 Å². The molecule has 0 aromatic heterocycles. The van der Waals surface area contributed by atoms with E-state index in [1.807, 2.05) is 0 Å². The Morgan fingerprint density at radius 3 is 2.41 bits per heavy atom. The zero-order valence-electron chi connectivity index (χ0n) is 17.5. The molecule has 3 aromatic rings. The van der Waals surface area contributed by atoms with Crippen molar-refractivity contribution in [3.63, 3.8) is 0 Å². The molecular formula is C23H21N3O6. The molecule has 0 spiro atoms. The smallest absolute Gasteiger partial charge is 0.275 e. The average molecular weight is 435 g/mol. The van der Waals surface area contributed by atoms with Crippen LogP contribution in [-0.2, 0) is 6.61 Å². The summed E-state index contributed by atoms with van der Waals surface area (Å²) in [6, 6.07) is 18.2. The lowest BCUT2D eigenvalue weighted by atomic mass is 10.2. The Labute approximate surface area is 184 Å². The number of nitro benzene ring substituents is 1. The topological polar surface area (TPSA) is 112 Å². The number of ether oxygens (including phenoxy) is 3. The third-order valence-electron chi connectivity index (χ3n) is 4.46. The van der Waals surface area contributed by atoms with E-state index in [1.54, 1.807) is 54.6 Å². The maximum atomic E-state index is 12.3. The van der Waals surface area contributed by atoms with Crippen LogP contribution < -0.4 is 19.6 Å². The van der Waals surface area contributed by atoms with Gasteiger partial charge in [-0.25, -0.2) is 5.43 Å². The van der Waals surface area contributed by atoms with Gasteiger partial charge in [-0.1, -0.05) is 12.1 Å². The van der Waals surface area contributed by atoms with E-state index in [4.69, 9.17) is 14.2 Å². The highest BCUT2D eigenvalue weighted by atomic mass is 16.6. The lowest BCUT2D eigenvalue weighted by molar-refractivity contribution is -0.384. The zero-order chi connectivity index (χ0) is 22.9. The molecule has 3 rings (SSSR count). The molecule has 164 valence electrons. The Kier molecular flexibility index (Phi) is 7.37. The van der Waals surface area contributed by atoms with Crippen molar-refractivity contribution in [2.75, 3.05) is 14.2 Å². The Morgan fingerprint density at radius 2 is 1.72 bits per heavy atom. The number of nitrogens with zero attached hydrogens (tertiary/aromatic N) is 2. The minimum atomic E-state index is -0.452. The summed E-state index contributed by atoms with van der Waals surface area (Å²) in [5, 5.41) is 14.7. The van der Waals surface area contributed by atoms with E-state index >= 15 is 0 Å². The minimum absolute atomic E-state index is 0.0211. The van der Waals surface area contributed by atoms with Gasteiger partial charge in [0.25, 0.3) is 11.6 Å². The highest BCUT2D eigenvalue weighted by molar-refractivity contribution is 5.97. The Bertz CT molecular complexity index is 1130. The molecule has 0 aliphatic rings. The van der Waals surface area contributed by atoms with Crippen LogP contribution in [0.4, 0.5) is 5.69 Å². The van der Waals surface area contributed by atoms with Crippen molar-refractivity contribution in [2.45, 2.75) is 6.61 Å². The second kappa shape index (κ2) is 10.6. The third-order valence-corrected chi connectivity index (χ3v) is 4.46. The van der Waals surface area contributed by atoms with Crippen LogP contribution in [0, 0.1) is 10.1 Å². The van der Waals surface area contributed by atoms with E-state index in [0.29, 0.717) is 28.4 Å². The number of nitrogens with one attached hydrogen (secondary N) is 1. The third kappa shape index (κ3) is 5.60. The van der Waals surface area contributed by atoms with Crippen molar-refractivity contribution < 1.29 is 23.9 Å². The van der Waals surface area contributed by atoms with Gasteiger partial charge < -0.3 is 14.2 Å². The molecule has 0 aliphatic heterocycles. The number of benzene rings is 3. The summed E-state index contributed by atoms with van der Waals surface area (Å²) < 4.78 is 16.3. The Morgan fingerprint density at radius 1 is 1.00 bits per heavy atom. The first-order chi connectivity index (χ1) is 15.5. The largest absolute Gasteiger partial charge is 0.496 e. The number of hydrogen-bond donors (Lipinski definition) is 1. The number of carbonyl (C=O) groups excluding carboxylic acids is 1. The maximum absolute atomic E-state index is 12.3. The number of non-ortho nitro benzene ring substituents is 1. The summed E-state index contributed by atoms with van der Waals surface area (Å²) in [7, 11) is 3.01. The molecule has 9 heteroatoms. The molecule has 0 atom stereocenters. The lowest BCUT2D eigenvalue weighted by Gasteiger charge is -2.11. The maximum Gasteiger partial charge on any atom is 0.275 e. The molecular weight excluding hydrogens is 414 g/mol. The summed E-state index contributed by atoms with van der Waals surface area (Å²) in [6.07, 6.45) is 1.48. The lowest BCUT2D eigenvalue weighted by Crippen LogP contribution is -2.18. The second-order valence-electron chi connectivity index (χ2n) is 6.52. The molecule has 9 nitrogen and oxygen atoms in total. The number of hydrazone groups is 1. The summed E-state index contributed by atoms with van der Waals surface area (Å²) in [6.45, 7) is 0.219. The van der Waals surface area contributed by atoms with Crippen molar-refractivity contribution >= 4 is 17.8 Å². The van der Waals surface area contributed by atoms with E-state index in [2.05, 4.69) is 10.5 Å². The van der Waals surface area contributed by atoms with Gasteiger partial charge in [0.2, 0.25) is 0 Å². The van der Waals surface area contributed by atoms with E-state index in [0.717, 1.165) is 5.56 Å². The fourth-order valence-electron chi connectivity index (χ4n) is 2.82. The molecule has 1 amide bonds. The SMILES string of the molecule is COc1cc(/C=N\NC(=O)c2ccccc2OC)ccc1OCc1ccc([N+](=O)[O-])cc1. The zero-order valence-corrected chi connectivity index (χ0v) is 17.5. The monoisotopic (exact) mass is 435 g/mol. The fraction of sp³-hybridized carbons (Fsp3) is 0.130. The molecule has 0 unspecified atom stereocenters. The standard InChI is InChI=1S/C23H21N3O6/c1-30-20-6-4-3-5-19(20)23(27)25-24-14-17-9-12-21(22(13-17)31-2)32-15-16-7-10-18(11-8-16)26(28)29/h3-14H,15H2,1-2H3,(H,25,27)/b24-14-. The molecule has 0 fully saturated rings. The summed E-state index contributed by atoms with van der Waals surface area (Å²) in [5.74, 6) is 1.04. The van der Waals surface area contributed by atoms with E-state index in [9.17, 15) is 14.9 Å². The number of para-hydroxylation sites is 1. The van der Waals surface area contributed by atoms with Crippen LogP contribution in [0.3, 0.4) is 0 Å². The van der Waals surface area contributed by atoms with Crippen molar-refractivity contribution in [1.82, 2.24) is 5.43 Å². The van der Waals surface area contributed by atoms with Crippen molar-refractivity contribution in [1.29, 1.82) is 0 Å². The van der Waals surface area contributed by atoms with Gasteiger partial charge in [0, 0.05) is 12.1 Å². The Balaban J connectivity index is 1.63. The van der Waals surface area contributed by atoms with Crippen LogP contribution >= 0.6 is 0 Å². The molecule has 1 N–H and O–H groups in total. The van der Waals surface area contributed by atoms with Crippen LogP contribution in [0.25, 0.3) is 0 Å². The van der Waals surface area contributed by atoms with Crippen molar-refractivity contribution in [3.05, 3.63) is 93.5 Å². The first-order valence-corrected chi connectivity index (χ1v) is 9.52. The van der Waals surface area contributed by atoms with E-state index in [1.165, 1.54) is 32.6 Å². The number of amides is 1. The molecule has 0 bridgehead atoms. The van der Waals surface area contributed by atoms with E-state index in [-0.39, 0.29) is 12.3 Å². The average Bonchev–Trinajstić information content (AvgIpc) is 2.83. The van der Waals surface area contributed by atoms with Crippen molar-refractivity contribution in [2.24, 2.45) is 5.10 Å². The predicted octanol–water partition coefficient (Wildman–Crippen LogP) is 3.95. The molecule has 32 heavy (non-hydrogen) atoms. The Hall–Kier alpha value is -4.40. The highest BCUT2D eigenvalue weighted by Crippen LogP contribution is 2.28.